The minimum atomic E-state index is -0.0296. The summed E-state index contributed by atoms with van der Waals surface area (Å²) in [6, 6.07) is 9.80. The van der Waals surface area contributed by atoms with Crippen LogP contribution in [-0.2, 0) is 6.54 Å². The van der Waals surface area contributed by atoms with Gasteiger partial charge in [0.2, 0.25) is 0 Å². The first kappa shape index (κ1) is 15.0. The zero-order chi connectivity index (χ0) is 15.4. The number of hydrogen-bond acceptors (Lipinski definition) is 3. The lowest BCUT2D eigenvalue weighted by atomic mass is 10.1. The van der Waals surface area contributed by atoms with Crippen LogP contribution in [0.25, 0.3) is 0 Å². The van der Waals surface area contributed by atoms with Gasteiger partial charge in [0.05, 0.1) is 23.1 Å². The van der Waals surface area contributed by atoms with Gasteiger partial charge in [-0.2, -0.15) is 0 Å². The largest absolute Gasteiger partial charge is 0.397 e. The van der Waals surface area contributed by atoms with Crippen LogP contribution in [0.5, 0.6) is 0 Å². The van der Waals surface area contributed by atoms with Gasteiger partial charge in [-0.1, -0.05) is 24.3 Å². The van der Waals surface area contributed by atoms with Crippen LogP contribution < -0.4 is 5.73 Å². The number of nitrogens with two attached hydrogens (primary N) is 1. The fraction of sp³-hybridized carbons (Fsp3) is 0.294. The SMILES string of the molecule is CCN(Cc1ccccc1C)C(=O)c1cc(N)cnc1C. The second-order valence-electron chi connectivity index (χ2n) is 5.15. The third kappa shape index (κ3) is 3.40. The molecule has 1 aromatic heterocycles. The lowest BCUT2D eigenvalue weighted by molar-refractivity contribution is 0.0751. The second-order valence-corrected chi connectivity index (χ2v) is 5.15. The van der Waals surface area contributed by atoms with E-state index < -0.39 is 0 Å². The number of aryl methyl sites for hydroxylation is 2. The zero-order valence-electron chi connectivity index (χ0n) is 12.8. The molecule has 0 aliphatic rings. The molecule has 0 fully saturated rings. The Morgan fingerprint density at radius 3 is 2.67 bits per heavy atom. The Balaban J connectivity index is 2.27. The molecule has 1 aromatic carbocycles. The number of nitrogen functional groups attached to an aromatic ring is 1. The summed E-state index contributed by atoms with van der Waals surface area (Å²) in [5.41, 5.74) is 9.88. The number of carbonyl (C=O) groups is 1. The maximum atomic E-state index is 12.7. The molecule has 2 N–H and O–H groups in total. The van der Waals surface area contributed by atoms with Gasteiger partial charge in [-0.05, 0) is 38.0 Å². The lowest BCUT2D eigenvalue weighted by Gasteiger charge is -2.22. The van der Waals surface area contributed by atoms with Gasteiger partial charge in [0.1, 0.15) is 0 Å². The summed E-state index contributed by atoms with van der Waals surface area (Å²) in [5.74, 6) is -0.0296. The van der Waals surface area contributed by atoms with Crippen LogP contribution in [0.4, 0.5) is 5.69 Å². The highest BCUT2D eigenvalue weighted by Gasteiger charge is 2.18. The molecule has 1 amide bonds. The molecule has 110 valence electrons. The zero-order valence-corrected chi connectivity index (χ0v) is 12.8. The quantitative estimate of drug-likeness (QED) is 0.938. The van der Waals surface area contributed by atoms with Gasteiger partial charge in [0.25, 0.3) is 5.91 Å². The van der Waals surface area contributed by atoms with Crippen LogP contribution in [0.3, 0.4) is 0 Å². The number of nitrogens with zero attached hydrogens (tertiary/aromatic N) is 2. The van der Waals surface area contributed by atoms with Gasteiger partial charge in [-0.3, -0.25) is 9.78 Å². The van der Waals surface area contributed by atoms with Gasteiger partial charge < -0.3 is 10.6 Å². The summed E-state index contributed by atoms with van der Waals surface area (Å²) >= 11 is 0. The van der Waals surface area contributed by atoms with Crippen molar-refractivity contribution in [1.82, 2.24) is 9.88 Å². The molecule has 1 heterocycles. The van der Waals surface area contributed by atoms with E-state index in [0.29, 0.717) is 30.0 Å². The third-order valence-corrected chi connectivity index (χ3v) is 3.63. The van der Waals surface area contributed by atoms with Crippen LogP contribution in [-0.4, -0.2) is 22.3 Å². The number of rotatable bonds is 4. The van der Waals surface area contributed by atoms with Crippen molar-refractivity contribution in [3.05, 3.63) is 58.9 Å². The summed E-state index contributed by atoms with van der Waals surface area (Å²) in [5, 5.41) is 0. The summed E-state index contributed by atoms with van der Waals surface area (Å²) in [7, 11) is 0. The molecule has 4 heteroatoms. The van der Waals surface area contributed by atoms with E-state index in [4.69, 9.17) is 5.73 Å². The molecule has 0 unspecified atom stereocenters. The van der Waals surface area contributed by atoms with Crippen molar-refractivity contribution < 1.29 is 4.79 Å². The number of carbonyl (C=O) groups excluding carboxylic acids is 1. The first-order valence-electron chi connectivity index (χ1n) is 7.08. The summed E-state index contributed by atoms with van der Waals surface area (Å²) in [6.07, 6.45) is 1.57. The molecule has 0 atom stereocenters. The lowest BCUT2D eigenvalue weighted by Crippen LogP contribution is -2.31. The van der Waals surface area contributed by atoms with E-state index >= 15 is 0 Å². The van der Waals surface area contributed by atoms with E-state index in [0.717, 1.165) is 5.56 Å². The molecule has 0 aliphatic carbocycles. The molecule has 21 heavy (non-hydrogen) atoms. The number of anilines is 1. The number of hydrogen-bond donors (Lipinski definition) is 1. The topological polar surface area (TPSA) is 59.2 Å². The van der Waals surface area contributed by atoms with E-state index in [1.54, 1.807) is 12.3 Å². The summed E-state index contributed by atoms with van der Waals surface area (Å²) in [6.45, 7) is 7.10. The average molecular weight is 283 g/mol. The molecule has 0 radical (unpaired) electrons. The minimum Gasteiger partial charge on any atom is -0.397 e. The normalized spacial score (nSPS) is 10.4. The van der Waals surface area contributed by atoms with Crippen molar-refractivity contribution in [3.8, 4) is 0 Å². The third-order valence-electron chi connectivity index (χ3n) is 3.63. The smallest absolute Gasteiger partial charge is 0.256 e. The van der Waals surface area contributed by atoms with Crippen molar-refractivity contribution in [2.75, 3.05) is 12.3 Å². The fourth-order valence-corrected chi connectivity index (χ4v) is 2.26. The van der Waals surface area contributed by atoms with Gasteiger partial charge >= 0.3 is 0 Å². The molecule has 2 rings (SSSR count). The van der Waals surface area contributed by atoms with Gasteiger partial charge in [0, 0.05) is 13.1 Å². The van der Waals surface area contributed by atoms with E-state index in [2.05, 4.69) is 24.0 Å². The fourth-order valence-electron chi connectivity index (χ4n) is 2.26. The molecule has 0 spiro atoms. The Bertz CT molecular complexity index is 652. The van der Waals surface area contributed by atoms with Crippen LogP contribution in [0.15, 0.2) is 36.5 Å². The Kier molecular flexibility index (Phi) is 4.58. The molecule has 0 bridgehead atoms. The molecule has 4 nitrogen and oxygen atoms in total. The van der Waals surface area contributed by atoms with Gasteiger partial charge in [-0.25, -0.2) is 0 Å². The van der Waals surface area contributed by atoms with Crippen molar-refractivity contribution in [3.63, 3.8) is 0 Å². The maximum absolute atomic E-state index is 12.7. The number of amides is 1. The monoisotopic (exact) mass is 283 g/mol. The number of pyridine rings is 1. The Hall–Kier alpha value is -2.36. The molecule has 0 saturated heterocycles. The summed E-state index contributed by atoms with van der Waals surface area (Å²) < 4.78 is 0. The highest BCUT2D eigenvalue weighted by atomic mass is 16.2. The molecule has 0 saturated carbocycles. The molecular formula is C17H21N3O. The Labute approximate surface area is 125 Å². The average Bonchev–Trinajstić information content (AvgIpc) is 2.48. The minimum absolute atomic E-state index is 0.0296. The van der Waals surface area contributed by atoms with Crippen molar-refractivity contribution in [1.29, 1.82) is 0 Å². The predicted octanol–water partition coefficient (Wildman–Crippen LogP) is 2.94. The highest BCUT2D eigenvalue weighted by Crippen LogP contribution is 2.16. The Morgan fingerprint density at radius 1 is 1.29 bits per heavy atom. The first-order chi connectivity index (χ1) is 10.0. The first-order valence-corrected chi connectivity index (χ1v) is 7.08. The molecular weight excluding hydrogens is 262 g/mol. The molecule has 0 aliphatic heterocycles. The maximum Gasteiger partial charge on any atom is 0.256 e. The standard InChI is InChI=1S/C17H21N3O/c1-4-20(11-14-8-6-5-7-12(14)2)17(21)16-9-15(18)10-19-13(16)3/h5-10H,4,11,18H2,1-3H3. The van der Waals surface area contributed by atoms with Gasteiger partial charge in [-0.15, -0.1) is 0 Å². The van der Waals surface area contributed by atoms with E-state index in [9.17, 15) is 4.79 Å². The number of benzene rings is 1. The van der Waals surface area contributed by atoms with Gasteiger partial charge in [0.15, 0.2) is 0 Å². The highest BCUT2D eigenvalue weighted by molar-refractivity contribution is 5.96. The van der Waals surface area contributed by atoms with E-state index in [1.807, 2.05) is 30.9 Å². The predicted molar refractivity (Wildman–Crippen MR) is 85.0 cm³/mol. The van der Waals surface area contributed by atoms with E-state index in [1.165, 1.54) is 5.56 Å². The van der Waals surface area contributed by atoms with Crippen molar-refractivity contribution in [2.24, 2.45) is 0 Å². The Morgan fingerprint density at radius 2 is 2.00 bits per heavy atom. The van der Waals surface area contributed by atoms with Crippen molar-refractivity contribution >= 4 is 11.6 Å². The van der Waals surface area contributed by atoms with Crippen LogP contribution in [0.2, 0.25) is 0 Å². The van der Waals surface area contributed by atoms with E-state index in [-0.39, 0.29) is 5.91 Å². The van der Waals surface area contributed by atoms with Crippen molar-refractivity contribution in [2.45, 2.75) is 27.3 Å². The second kappa shape index (κ2) is 6.39. The van der Waals surface area contributed by atoms with Crippen LogP contribution in [0.1, 0.15) is 34.1 Å². The number of aromatic nitrogens is 1. The summed E-state index contributed by atoms with van der Waals surface area (Å²) in [4.78, 5) is 18.7. The van der Waals surface area contributed by atoms with Crippen LogP contribution >= 0.6 is 0 Å². The van der Waals surface area contributed by atoms with Crippen LogP contribution in [0, 0.1) is 13.8 Å². The molecule has 2 aromatic rings.